The van der Waals surface area contributed by atoms with E-state index in [-0.39, 0.29) is 17.0 Å². The highest BCUT2D eigenvalue weighted by molar-refractivity contribution is 7.61. The zero-order chi connectivity index (χ0) is 31.1. The second kappa shape index (κ2) is 12.4. The third-order valence-corrected chi connectivity index (χ3v) is 9.34. The molecule has 8 N–H and O–H groups in total. The largest absolute Gasteiger partial charge is 0.481 e. The molecule has 0 bridgehead atoms. The first-order valence-corrected chi connectivity index (χ1v) is 15.5. The lowest BCUT2D eigenvalue weighted by atomic mass is 10.1. The summed E-state index contributed by atoms with van der Waals surface area (Å²) in [6, 6.07) is 0. The molecule has 0 radical (unpaired) electrons. The number of aliphatic hydroxyl groups excluding tert-OH is 4. The molecular formula is C21H28N6O14P2. The molecule has 2 aromatic rings. The predicted molar refractivity (Wildman–Crippen MR) is 139 cm³/mol. The van der Waals surface area contributed by atoms with Gasteiger partial charge in [0.2, 0.25) is 0 Å². The van der Waals surface area contributed by atoms with E-state index in [0.717, 1.165) is 6.33 Å². The number of aliphatic hydroxyl groups is 4. The van der Waals surface area contributed by atoms with E-state index in [9.17, 15) is 44.1 Å². The van der Waals surface area contributed by atoms with Crippen molar-refractivity contribution in [2.75, 3.05) is 18.9 Å². The van der Waals surface area contributed by atoms with Gasteiger partial charge in [-0.1, -0.05) is 6.08 Å². The molecule has 0 aliphatic carbocycles. The second-order valence-electron chi connectivity index (χ2n) is 9.64. The molecule has 5 heterocycles. The lowest BCUT2D eigenvalue weighted by Gasteiger charge is -2.28. The first kappa shape index (κ1) is 31.7. The number of hydrogen-bond acceptors (Lipinski definition) is 17. The maximum Gasteiger partial charge on any atom is 0.481 e. The van der Waals surface area contributed by atoms with Gasteiger partial charge in [0.15, 0.2) is 23.9 Å². The number of allylic oxidation sites excluding steroid dienone is 2. The molecule has 2 fully saturated rings. The van der Waals surface area contributed by atoms with E-state index in [1.54, 1.807) is 6.08 Å². The number of nitrogen functional groups attached to an aromatic ring is 1. The van der Waals surface area contributed by atoms with Gasteiger partial charge in [-0.15, -0.1) is 0 Å². The van der Waals surface area contributed by atoms with Gasteiger partial charge in [0, 0.05) is 18.0 Å². The van der Waals surface area contributed by atoms with Gasteiger partial charge in [-0.2, -0.15) is 4.31 Å². The SMILES string of the molecule is Nc1ncnc2c1ncn2[C@@H]1O[C@H](COP(=O)(O)OP(=O)(O)OC[C@H]2O[C@@H](N3C=CCC(C=O)=C3)[C@H](O)[C@@H]2O)[C@@H](O)[C@H]1O. The number of fused-ring (bicyclic) bond motifs is 1. The number of ether oxygens (including phenoxy) is 2. The maximum atomic E-state index is 12.4. The lowest BCUT2D eigenvalue weighted by molar-refractivity contribution is -0.105. The molecule has 5 rings (SSSR count). The Balaban J connectivity index is 1.15. The third-order valence-electron chi connectivity index (χ3n) is 6.74. The lowest BCUT2D eigenvalue weighted by Crippen LogP contribution is -2.39. The Morgan fingerprint density at radius 2 is 1.56 bits per heavy atom. The number of carbonyl (C=O) groups is 1. The Morgan fingerprint density at radius 1 is 0.953 bits per heavy atom. The fourth-order valence-electron chi connectivity index (χ4n) is 4.61. The normalized spacial score (nSPS) is 33.8. The highest BCUT2D eigenvalue weighted by atomic mass is 31.3. The minimum atomic E-state index is -5.35. The van der Waals surface area contributed by atoms with Gasteiger partial charge in [0.25, 0.3) is 0 Å². The topological polar surface area (TPSA) is 292 Å². The number of hydrogen-bond donors (Lipinski definition) is 7. The molecule has 0 amide bonds. The van der Waals surface area contributed by atoms with Crippen molar-refractivity contribution in [1.29, 1.82) is 0 Å². The molecule has 3 aliphatic heterocycles. The summed E-state index contributed by atoms with van der Waals surface area (Å²) in [7, 11) is -10.7. The van der Waals surface area contributed by atoms with Crippen LogP contribution in [-0.4, -0.2) is 117 Å². The predicted octanol–water partition coefficient (Wildman–Crippen LogP) is -1.97. The van der Waals surface area contributed by atoms with Crippen LogP contribution in [0.25, 0.3) is 11.2 Å². The van der Waals surface area contributed by atoms with E-state index < -0.39 is 77.9 Å². The minimum absolute atomic E-state index is 0.0557. The molecule has 236 valence electrons. The Labute approximate surface area is 241 Å². The number of aromatic nitrogens is 4. The van der Waals surface area contributed by atoms with Crippen LogP contribution in [0.3, 0.4) is 0 Å². The van der Waals surface area contributed by atoms with Crippen LogP contribution in [0, 0.1) is 0 Å². The fraction of sp³-hybridized carbons (Fsp3) is 0.524. The standard InChI is InChI=1S/C21H28N6O14P2/c22-18-13-19(24-8-23-18)27(9-25-13)21-17(32)15(30)12(40-21)7-38-43(35,36)41-42(33,34)37-6-11-14(29)16(31)20(39-11)26-3-1-2-10(4-26)5-28/h1,3-5,8-9,11-12,14-17,20-21,29-32H,2,6-7H2,(H,33,34)(H,35,36)(H2,22,23,24)/t11-,12-,14-,15-,16-,17-,20-,21-/m1/s1. The highest BCUT2D eigenvalue weighted by Gasteiger charge is 2.48. The van der Waals surface area contributed by atoms with Crippen molar-refractivity contribution in [1.82, 2.24) is 24.4 Å². The Bertz CT molecular complexity index is 1510. The molecule has 0 saturated carbocycles. The van der Waals surface area contributed by atoms with Crippen LogP contribution in [-0.2, 0) is 36.8 Å². The van der Waals surface area contributed by atoms with E-state index in [1.807, 2.05) is 0 Å². The average molecular weight is 650 g/mol. The highest BCUT2D eigenvalue weighted by Crippen LogP contribution is 2.60. The van der Waals surface area contributed by atoms with Crippen molar-refractivity contribution >= 4 is 38.9 Å². The zero-order valence-corrected chi connectivity index (χ0v) is 23.7. The number of aldehydes is 1. The molecule has 2 saturated heterocycles. The van der Waals surface area contributed by atoms with Gasteiger partial charge in [-0.05, 0) is 6.42 Å². The van der Waals surface area contributed by atoms with Crippen LogP contribution in [0.5, 0.6) is 0 Å². The van der Waals surface area contributed by atoms with Crippen molar-refractivity contribution in [3.8, 4) is 0 Å². The summed E-state index contributed by atoms with van der Waals surface area (Å²) in [6.07, 6.45) is -3.75. The molecular weight excluding hydrogens is 622 g/mol. The van der Waals surface area contributed by atoms with Crippen LogP contribution in [0.4, 0.5) is 5.82 Å². The molecule has 10 atom stereocenters. The molecule has 2 unspecified atom stereocenters. The number of phosphoric acid groups is 2. The number of imidazole rings is 1. The van der Waals surface area contributed by atoms with E-state index in [1.165, 1.54) is 28.2 Å². The fourth-order valence-corrected chi connectivity index (χ4v) is 6.70. The van der Waals surface area contributed by atoms with E-state index >= 15 is 0 Å². The summed E-state index contributed by atoms with van der Waals surface area (Å²) >= 11 is 0. The van der Waals surface area contributed by atoms with Crippen molar-refractivity contribution in [3.63, 3.8) is 0 Å². The summed E-state index contributed by atoms with van der Waals surface area (Å²) in [5.74, 6) is 0.0557. The van der Waals surface area contributed by atoms with Crippen LogP contribution in [0.2, 0.25) is 0 Å². The van der Waals surface area contributed by atoms with Crippen LogP contribution in [0.1, 0.15) is 12.6 Å². The van der Waals surface area contributed by atoms with Gasteiger partial charge in [-0.3, -0.25) is 18.4 Å². The molecule has 3 aliphatic rings. The van der Waals surface area contributed by atoms with Crippen molar-refractivity contribution in [2.45, 2.75) is 55.5 Å². The maximum absolute atomic E-state index is 12.4. The Morgan fingerprint density at radius 3 is 2.19 bits per heavy atom. The summed E-state index contributed by atoms with van der Waals surface area (Å²) in [4.78, 5) is 44.2. The first-order valence-electron chi connectivity index (χ1n) is 12.5. The van der Waals surface area contributed by atoms with Crippen LogP contribution >= 0.6 is 15.6 Å². The number of anilines is 1. The van der Waals surface area contributed by atoms with Gasteiger partial charge < -0.3 is 50.3 Å². The molecule has 2 aromatic heterocycles. The van der Waals surface area contributed by atoms with Crippen LogP contribution in [0.15, 0.2) is 36.7 Å². The second-order valence-corrected chi connectivity index (χ2v) is 12.7. The summed E-state index contributed by atoms with van der Waals surface area (Å²) < 4.78 is 50.8. The molecule has 0 spiro atoms. The zero-order valence-electron chi connectivity index (χ0n) is 21.9. The molecule has 20 nitrogen and oxygen atoms in total. The summed E-state index contributed by atoms with van der Waals surface area (Å²) in [5, 5.41) is 41.6. The van der Waals surface area contributed by atoms with Gasteiger partial charge in [0.1, 0.15) is 54.8 Å². The van der Waals surface area contributed by atoms with Crippen LogP contribution < -0.4 is 5.73 Å². The van der Waals surface area contributed by atoms with Gasteiger partial charge in [0.05, 0.1) is 19.5 Å². The number of carbonyl (C=O) groups excluding carboxylic acids is 1. The monoisotopic (exact) mass is 650 g/mol. The Hall–Kier alpha value is -2.68. The molecule has 22 heteroatoms. The van der Waals surface area contributed by atoms with E-state index in [0.29, 0.717) is 18.3 Å². The number of phosphoric ester groups is 2. The summed E-state index contributed by atoms with van der Waals surface area (Å²) in [5.41, 5.74) is 6.49. The van der Waals surface area contributed by atoms with Crippen molar-refractivity contribution in [2.24, 2.45) is 0 Å². The van der Waals surface area contributed by atoms with Crippen molar-refractivity contribution in [3.05, 3.63) is 36.7 Å². The van der Waals surface area contributed by atoms with E-state index in [2.05, 4.69) is 19.3 Å². The van der Waals surface area contributed by atoms with Gasteiger partial charge in [-0.25, -0.2) is 24.1 Å². The number of nitrogens with two attached hydrogens (primary N) is 1. The Kier molecular flexibility index (Phi) is 9.13. The third kappa shape index (κ3) is 6.71. The smallest absolute Gasteiger partial charge is 0.387 e. The molecule has 43 heavy (non-hydrogen) atoms. The number of rotatable bonds is 11. The summed E-state index contributed by atoms with van der Waals surface area (Å²) in [6.45, 7) is -1.75. The van der Waals surface area contributed by atoms with Crippen molar-refractivity contribution < 1.29 is 67.0 Å². The quantitative estimate of drug-likeness (QED) is 0.102. The average Bonchev–Trinajstić information content (AvgIpc) is 3.61. The van der Waals surface area contributed by atoms with Gasteiger partial charge >= 0.3 is 15.6 Å². The first-order chi connectivity index (χ1) is 20.3. The number of nitrogens with zero attached hydrogens (tertiary/aromatic N) is 5. The molecule has 0 aromatic carbocycles. The minimum Gasteiger partial charge on any atom is -0.387 e. The van der Waals surface area contributed by atoms with E-state index in [4.69, 9.17) is 24.3 Å².